The molecule has 0 saturated carbocycles. The molecule has 0 heteroatoms. The summed E-state index contributed by atoms with van der Waals surface area (Å²) in [6.45, 7) is 32.9. The largest absolute Gasteiger partial charge is 0.103 e. The second kappa shape index (κ2) is 45.2. The molecule has 0 heterocycles. The lowest BCUT2D eigenvalue weighted by molar-refractivity contribution is 1.50. The molecular weight excluding hydrogens is 216 g/mol. The standard InChI is InChI=1S/C8H10.2C3H6.2C2H6/c1-5-7(3)8(4)6-2;2*1-3-2;2*1-2/h5-6H,1-4H2;2*3H,1H2,2H3;2*1-2H3. The van der Waals surface area contributed by atoms with Crippen molar-refractivity contribution in [2.75, 3.05) is 0 Å². The molecule has 0 saturated heterocycles. The first-order valence-electron chi connectivity index (χ1n) is 6.32. The average Bonchev–Trinajstić information content (AvgIpc) is 2.43. The van der Waals surface area contributed by atoms with Gasteiger partial charge in [-0.1, -0.05) is 78.3 Å². The topological polar surface area (TPSA) is 0 Å². The molecule has 0 aromatic heterocycles. The zero-order chi connectivity index (χ0) is 16.0. The van der Waals surface area contributed by atoms with E-state index >= 15 is 0 Å². The predicted octanol–water partition coefficient (Wildman–Crippen LogP) is 6.91. The highest BCUT2D eigenvalue weighted by molar-refractivity contribution is 5.40. The van der Waals surface area contributed by atoms with Crippen molar-refractivity contribution in [1.82, 2.24) is 0 Å². The van der Waals surface area contributed by atoms with Crippen LogP contribution in [0, 0.1) is 0 Å². The van der Waals surface area contributed by atoms with Gasteiger partial charge in [0.15, 0.2) is 0 Å². The Labute approximate surface area is 117 Å². The van der Waals surface area contributed by atoms with Crippen molar-refractivity contribution in [2.24, 2.45) is 0 Å². The molecule has 0 rings (SSSR count). The van der Waals surface area contributed by atoms with Crippen LogP contribution in [0.3, 0.4) is 0 Å². The molecule has 0 spiro atoms. The summed E-state index contributed by atoms with van der Waals surface area (Å²) in [5.41, 5.74) is 1.67. The third-order valence-electron chi connectivity index (χ3n) is 0.905. The van der Waals surface area contributed by atoms with E-state index < -0.39 is 0 Å². The molecular formula is C18H34. The Kier molecular flexibility index (Phi) is 75.2. The lowest BCUT2D eigenvalue weighted by Crippen LogP contribution is -1.73. The molecule has 0 amide bonds. The van der Waals surface area contributed by atoms with E-state index in [4.69, 9.17) is 0 Å². The van der Waals surface area contributed by atoms with Crippen molar-refractivity contribution in [1.29, 1.82) is 0 Å². The van der Waals surface area contributed by atoms with Crippen molar-refractivity contribution >= 4 is 0 Å². The second-order valence-corrected chi connectivity index (χ2v) is 2.28. The van der Waals surface area contributed by atoms with Gasteiger partial charge in [0.05, 0.1) is 0 Å². The van der Waals surface area contributed by atoms with Crippen LogP contribution in [0.25, 0.3) is 0 Å². The van der Waals surface area contributed by atoms with E-state index in [-0.39, 0.29) is 0 Å². The lowest BCUT2D eigenvalue weighted by atomic mass is 10.1. The minimum atomic E-state index is 0.833. The maximum atomic E-state index is 3.66. The van der Waals surface area contributed by atoms with Crippen LogP contribution in [0.2, 0.25) is 0 Å². The summed E-state index contributed by atoms with van der Waals surface area (Å²) in [5, 5.41) is 0. The normalized spacial score (nSPS) is 5.44. The highest BCUT2D eigenvalue weighted by Crippen LogP contribution is 2.04. The summed E-state index contributed by atoms with van der Waals surface area (Å²) in [6, 6.07) is 0. The molecule has 0 N–H and O–H groups in total. The molecule has 0 fully saturated rings. The van der Waals surface area contributed by atoms with Gasteiger partial charge in [0, 0.05) is 0 Å². The van der Waals surface area contributed by atoms with Gasteiger partial charge in [-0.3, -0.25) is 0 Å². The van der Waals surface area contributed by atoms with Crippen molar-refractivity contribution < 1.29 is 0 Å². The smallest absolute Gasteiger partial charge is 0.0268 e. The zero-order valence-corrected chi connectivity index (χ0v) is 13.6. The number of rotatable bonds is 3. The van der Waals surface area contributed by atoms with E-state index in [1.54, 1.807) is 24.3 Å². The van der Waals surface area contributed by atoms with E-state index in [9.17, 15) is 0 Å². The Morgan fingerprint density at radius 1 is 0.611 bits per heavy atom. The van der Waals surface area contributed by atoms with Crippen molar-refractivity contribution in [3.63, 3.8) is 0 Å². The van der Waals surface area contributed by atoms with Crippen LogP contribution in [-0.4, -0.2) is 0 Å². The van der Waals surface area contributed by atoms with Gasteiger partial charge in [-0.15, -0.1) is 13.2 Å². The summed E-state index contributed by atoms with van der Waals surface area (Å²) in [5.74, 6) is 0. The van der Waals surface area contributed by atoms with Crippen LogP contribution in [0.1, 0.15) is 41.5 Å². The summed E-state index contributed by atoms with van der Waals surface area (Å²) in [4.78, 5) is 0. The minimum Gasteiger partial charge on any atom is -0.103 e. The average molecular weight is 250 g/mol. The Hall–Kier alpha value is -1.56. The van der Waals surface area contributed by atoms with Gasteiger partial charge in [0.1, 0.15) is 0 Å². The van der Waals surface area contributed by atoms with E-state index in [2.05, 4.69) is 39.5 Å². The van der Waals surface area contributed by atoms with Crippen LogP contribution in [0.4, 0.5) is 0 Å². The van der Waals surface area contributed by atoms with Gasteiger partial charge in [-0.25, -0.2) is 0 Å². The fourth-order valence-corrected chi connectivity index (χ4v) is 0.262. The van der Waals surface area contributed by atoms with Crippen LogP contribution >= 0.6 is 0 Å². The first-order valence-corrected chi connectivity index (χ1v) is 6.32. The van der Waals surface area contributed by atoms with Crippen LogP contribution in [0.15, 0.2) is 74.9 Å². The van der Waals surface area contributed by atoms with E-state index in [0.29, 0.717) is 0 Å². The SMILES string of the molecule is C=CC.C=CC.C=CC(=C)C(=C)C=C.CC.CC. The fourth-order valence-electron chi connectivity index (χ4n) is 0.262. The number of hydrogen-bond donors (Lipinski definition) is 0. The minimum absolute atomic E-state index is 0.833. The molecule has 106 valence electrons. The Morgan fingerprint density at radius 3 is 0.778 bits per heavy atom. The second-order valence-electron chi connectivity index (χ2n) is 2.28. The van der Waals surface area contributed by atoms with Crippen molar-refractivity contribution in [3.05, 3.63) is 74.9 Å². The molecule has 18 heavy (non-hydrogen) atoms. The Bertz CT molecular complexity index is 180. The molecule has 0 unspecified atom stereocenters. The Balaban J connectivity index is -0.0000000473. The van der Waals surface area contributed by atoms with Gasteiger partial charge in [0.25, 0.3) is 0 Å². The van der Waals surface area contributed by atoms with Crippen LogP contribution in [0.5, 0.6) is 0 Å². The molecule has 0 aliphatic carbocycles. The third kappa shape index (κ3) is 62.9. The first kappa shape index (κ1) is 29.9. The molecule has 0 nitrogen and oxygen atoms in total. The van der Waals surface area contributed by atoms with Gasteiger partial charge < -0.3 is 0 Å². The molecule has 0 aromatic rings. The van der Waals surface area contributed by atoms with E-state index in [1.165, 1.54) is 0 Å². The van der Waals surface area contributed by atoms with E-state index in [0.717, 1.165) is 11.1 Å². The maximum absolute atomic E-state index is 3.66. The molecule has 0 bridgehead atoms. The third-order valence-corrected chi connectivity index (χ3v) is 0.905. The highest BCUT2D eigenvalue weighted by Gasteiger charge is 1.84. The molecule has 0 aromatic carbocycles. The summed E-state index contributed by atoms with van der Waals surface area (Å²) >= 11 is 0. The fraction of sp³-hybridized carbons (Fsp3) is 0.333. The quantitative estimate of drug-likeness (QED) is 0.377. The van der Waals surface area contributed by atoms with Crippen molar-refractivity contribution in [3.8, 4) is 0 Å². The van der Waals surface area contributed by atoms with Crippen LogP contribution < -0.4 is 0 Å². The van der Waals surface area contributed by atoms with Gasteiger partial charge >= 0.3 is 0 Å². The molecule has 0 aliphatic heterocycles. The molecule has 0 radical (unpaired) electrons. The first-order chi connectivity index (χ1) is 8.55. The van der Waals surface area contributed by atoms with Crippen molar-refractivity contribution in [2.45, 2.75) is 41.5 Å². The number of hydrogen-bond acceptors (Lipinski definition) is 0. The maximum Gasteiger partial charge on any atom is -0.0268 e. The van der Waals surface area contributed by atoms with Gasteiger partial charge in [0.2, 0.25) is 0 Å². The molecule has 0 aliphatic rings. The van der Waals surface area contributed by atoms with E-state index in [1.807, 2.05) is 41.5 Å². The summed E-state index contributed by atoms with van der Waals surface area (Å²) in [7, 11) is 0. The monoisotopic (exact) mass is 250 g/mol. The number of allylic oxidation sites excluding steroid dienone is 6. The zero-order valence-electron chi connectivity index (χ0n) is 13.6. The molecule has 0 atom stereocenters. The van der Waals surface area contributed by atoms with Gasteiger partial charge in [-0.05, 0) is 25.0 Å². The predicted molar refractivity (Wildman–Crippen MR) is 93.1 cm³/mol. The summed E-state index contributed by atoms with van der Waals surface area (Å²) in [6.07, 6.45) is 6.81. The van der Waals surface area contributed by atoms with Crippen LogP contribution in [-0.2, 0) is 0 Å². The summed E-state index contributed by atoms with van der Waals surface area (Å²) < 4.78 is 0. The highest BCUT2D eigenvalue weighted by atomic mass is 13.9. The lowest BCUT2D eigenvalue weighted by Gasteiger charge is -1.93. The Morgan fingerprint density at radius 2 is 0.722 bits per heavy atom. The van der Waals surface area contributed by atoms with Gasteiger partial charge in [-0.2, -0.15) is 0 Å².